The van der Waals surface area contributed by atoms with E-state index >= 15 is 0 Å². The minimum Gasteiger partial charge on any atom is -0.382 e. The fourth-order valence-electron chi connectivity index (χ4n) is 1.34. The van der Waals surface area contributed by atoms with Crippen LogP contribution in [0, 0.1) is 0 Å². The van der Waals surface area contributed by atoms with Gasteiger partial charge in [-0.2, -0.15) is 0 Å². The molecule has 0 unspecified atom stereocenters. The maximum absolute atomic E-state index is 5.75. The lowest BCUT2D eigenvalue weighted by atomic mass is 10.3. The van der Waals surface area contributed by atoms with Crippen LogP contribution in [-0.2, 0) is 6.54 Å². The average molecular weight is 192 g/mol. The van der Waals surface area contributed by atoms with Gasteiger partial charge in [-0.3, -0.25) is 0 Å². The Bertz CT molecular complexity index is 440. The highest BCUT2D eigenvalue weighted by Crippen LogP contribution is 2.22. The maximum atomic E-state index is 5.75. The maximum Gasteiger partial charge on any atom is 0.152 e. The predicted molar refractivity (Wildman–Crippen MR) is 53.7 cm³/mol. The van der Waals surface area contributed by atoms with Crippen LogP contribution >= 0.6 is 0 Å². The fourth-order valence-corrected chi connectivity index (χ4v) is 1.34. The summed E-state index contributed by atoms with van der Waals surface area (Å²) in [6.45, 7) is 2.85. The van der Waals surface area contributed by atoms with E-state index in [-0.39, 0.29) is 0 Å². The Labute approximate surface area is 81.1 Å². The van der Waals surface area contributed by atoms with Crippen LogP contribution in [0.3, 0.4) is 0 Å². The van der Waals surface area contributed by atoms with Gasteiger partial charge in [0.2, 0.25) is 0 Å². The summed E-state index contributed by atoms with van der Waals surface area (Å²) in [5.74, 6) is 5.98. The zero-order chi connectivity index (χ0) is 10.1. The van der Waals surface area contributed by atoms with Crippen LogP contribution in [0.2, 0.25) is 0 Å². The summed E-state index contributed by atoms with van der Waals surface area (Å²) in [7, 11) is 0. The van der Waals surface area contributed by atoms with Crippen molar-refractivity contribution in [1.29, 1.82) is 0 Å². The number of aromatic nitrogens is 4. The van der Waals surface area contributed by atoms with E-state index in [4.69, 9.17) is 11.6 Å². The Morgan fingerprint density at radius 1 is 1.43 bits per heavy atom. The molecule has 0 aliphatic rings. The van der Waals surface area contributed by atoms with Crippen molar-refractivity contribution in [2.45, 2.75) is 13.5 Å². The molecule has 2 rings (SSSR count). The highest BCUT2D eigenvalue weighted by atomic mass is 15.3. The van der Waals surface area contributed by atoms with E-state index in [1.165, 1.54) is 11.0 Å². The van der Waals surface area contributed by atoms with Crippen LogP contribution < -0.4 is 11.6 Å². The fraction of sp³-hybridized carbons (Fsp3) is 0.250. The summed E-state index contributed by atoms with van der Waals surface area (Å²) in [6.07, 6.45) is 4.95. The van der Waals surface area contributed by atoms with Crippen molar-refractivity contribution in [2.75, 3.05) is 11.6 Å². The summed E-state index contributed by atoms with van der Waals surface area (Å²) in [5, 5.41) is 0. The monoisotopic (exact) mass is 192 g/mol. The van der Waals surface area contributed by atoms with Gasteiger partial charge in [0.15, 0.2) is 5.82 Å². The first-order valence-electron chi connectivity index (χ1n) is 4.32. The summed E-state index contributed by atoms with van der Waals surface area (Å²) in [6, 6.07) is 0. The van der Waals surface area contributed by atoms with E-state index in [2.05, 4.69) is 9.97 Å². The molecule has 0 saturated carbocycles. The van der Waals surface area contributed by atoms with Crippen LogP contribution in [0.15, 0.2) is 18.9 Å². The van der Waals surface area contributed by atoms with Crippen LogP contribution in [0.25, 0.3) is 11.4 Å². The van der Waals surface area contributed by atoms with Crippen molar-refractivity contribution < 1.29 is 0 Å². The summed E-state index contributed by atoms with van der Waals surface area (Å²) in [4.78, 5) is 8.16. The minimum absolute atomic E-state index is 0.445. The van der Waals surface area contributed by atoms with Gasteiger partial charge in [0, 0.05) is 6.54 Å². The van der Waals surface area contributed by atoms with Gasteiger partial charge in [-0.15, -0.1) is 0 Å². The van der Waals surface area contributed by atoms with Crippen LogP contribution in [0.1, 0.15) is 6.92 Å². The molecular weight excluding hydrogens is 180 g/mol. The van der Waals surface area contributed by atoms with Gasteiger partial charge in [-0.05, 0) is 6.92 Å². The third kappa shape index (κ3) is 1.12. The number of nitrogens with zero attached hydrogens (tertiary/aromatic N) is 4. The molecule has 6 heteroatoms. The number of aryl methyl sites for hydroxylation is 1. The average Bonchev–Trinajstić information content (AvgIpc) is 2.75. The van der Waals surface area contributed by atoms with Crippen molar-refractivity contribution in [2.24, 2.45) is 0 Å². The number of anilines is 1. The predicted octanol–water partition coefficient (Wildman–Crippen LogP) is 0.0625. The lowest BCUT2D eigenvalue weighted by Crippen LogP contribution is -2.10. The molecule has 0 aliphatic carbocycles. The number of hydrogen-bond acceptors (Lipinski definition) is 4. The lowest BCUT2D eigenvalue weighted by molar-refractivity contribution is 0.767. The SMILES string of the molecule is CCn1cncc1-c1ncn(N)c1N. The number of nitrogen functional groups attached to an aromatic ring is 2. The van der Waals surface area contributed by atoms with Gasteiger partial charge in [0.05, 0.1) is 18.2 Å². The molecule has 0 aromatic carbocycles. The number of rotatable bonds is 2. The summed E-state index contributed by atoms with van der Waals surface area (Å²) in [5.41, 5.74) is 7.31. The second-order valence-electron chi connectivity index (χ2n) is 2.95. The molecule has 0 fully saturated rings. The molecule has 74 valence electrons. The van der Waals surface area contributed by atoms with E-state index in [0.717, 1.165) is 12.2 Å². The Kier molecular flexibility index (Phi) is 1.88. The second kappa shape index (κ2) is 3.06. The first-order chi connectivity index (χ1) is 6.74. The highest BCUT2D eigenvalue weighted by molar-refractivity contribution is 5.67. The van der Waals surface area contributed by atoms with Crippen molar-refractivity contribution in [1.82, 2.24) is 19.2 Å². The number of imidazole rings is 2. The largest absolute Gasteiger partial charge is 0.382 e. The van der Waals surface area contributed by atoms with E-state index in [1.807, 2.05) is 11.5 Å². The van der Waals surface area contributed by atoms with Gasteiger partial charge in [0.25, 0.3) is 0 Å². The van der Waals surface area contributed by atoms with Crippen molar-refractivity contribution in [3.8, 4) is 11.4 Å². The Hall–Kier alpha value is -1.98. The number of nitrogens with two attached hydrogens (primary N) is 2. The molecule has 2 heterocycles. The molecule has 0 aliphatic heterocycles. The zero-order valence-electron chi connectivity index (χ0n) is 7.88. The van der Waals surface area contributed by atoms with Crippen LogP contribution in [-0.4, -0.2) is 19.2 Å². The Morgan fingerprint density at radius 2 is 2.21 bits per heavy atom. The highest BCUT2D eigenvalue weighted by Gasteiger charge is 2.11. The molecule has 0 amide bonds. The third-order valence-electron chi connectivity index (χ3n) is 2.13. The summed E-state index contributed by atoms with van der Waals surface area (Å²) >= 11 is 0. The second-order valence-corrected chi connectivity index (χ2v) is 2.95. The molecule has 0 saturated heterocycles. The molecular formula is C8H12N6. The Balaban J connectivity index is 2.54. The van der Waals surface area contributed by atoms with Gasteiger partial charge >= 0.3 is 0 Å². The Morgan fingerprint density at radius 3 is 2.79 bits per heavy atom. The molecule has 6 nitrogen and oxygen atoms in total. The van der Waals surface area contributed by atoms with Gasteiger partial charge < -0.3 is 16.1 Å². The van der Waals surface area contributed by atoms with E-state index in [9.17, 15) is 0 Å². The smallest absolute Gasteiger partial charge is 0.152 e. The summed E-state index contributed by atoms with van der Waals surface area (Å²) < 4.78 is 3.25. The van der Waals surface area contributed by atoms with E-state index in [0.29, 0.717) is 11.5 Å². The van der Waals surface area contributed by atoms with Gasteiger partial charge in [-0.25, -0.2) is 14.6 Å². The molecule has 0 atom stereocenters. The third-order valence-corrected chi connectivity index (χ3v) is 2.13. The van der Waals surface area contributed by atoms with Crippen molar-refractivity contribution in [3.63, 3.8) is 0 Å². The van der Waals surface area contributed by atoms with E-state index in [1.54, 1.807) is 12.5 Å². The van der Waals surface area contributed by atoms with Crippen molar-refractivity contribution in [3.05, 3.63) is 18.9 Å². The first kappa shape index (κ1) is 8.61. The lowest BCUT2D eigenvalue weighted by Gasteiger charge is -2.03. The van der Waals surface area contributed by atoms with E-state index < -0.39 is 0 Å². The topological polar surface area (TPSA) is 87.7 Å². The molecule has 4 N–H and O–H groups in total. The zero-order valence-corrected chi connectivity index (χ0v) is 7.88. The first-order valence-corrected chi connectivity index (χ1v) is 4.32. The quantitative estimate of drug-likeness (QED) is 0.659. The normalized spacial score (nSPS) is 10.6. The molecule has 0 bridgehead atoms. The van der Waals surface area contributed by atoms with Gasteiger partial charge in [-0.1, -0.05) is 0 Å². The van der Waals surface area contributed by atoms with Gasteiger partial charge in [0.1, 0.15) is 12.0 Å². The minimum atomic E-state index is 0.445. The molecule has 2 aromatic rings. The molecule has 0 radical (unpaired) electrons. The van der Waals surface area contributed by atoms with Crippen molar-refractivity contribution >= 4 is 5.82 Å². The molecule has 0 spiro atoms. The van der Waals surface area contributed by atoms with Crippen LogP contribution in [0.5, 0.6) is 0 Å². The molecule has 14 heavy (non-hydrogen) atoms. The molecule has 2 aromatic heterocycles. The van der Waals surface area contributed by atoms with Crippen LogP contribution in [0.4, 0.5) is 5.82 Å². The standard InChI is InChI=1S/C8H12N6/c1-2-13-4-11-3-6(13)7-8(9)14(10)5-12-7/h3-5H,2,9-10H2,1H3. The number of hydrogen-bond donors (Lipinski definition) is 2.